The van der Waals surface area contributed by atoms with Gasteiger partial charge in [0.1, 0.15) is 5.75 Å². The number of hydrogen-bond acceptors (Lipinski definition) is 2. The molecule has 0 amide bonds. The highest BCUT2D eigenvalue weighted by atomic mass is 16.5. The highest BCUT2D eigenvalue weighted by Crippen LogP contribution is 2.35. The average molecular weight is 205 g/mol. The third-order valence-electron chi connectivity index (χ3n) is 3.47. The average Bonchev–Trinajstić information content (AvgIpc) is 2.66. The lowest BCUT2D eigenvalue weighted by molar-refractivity contribution is 0.399. The maximum absolute atomic E-state index is 5.36. The van der Waals surface area contributed by atoms with Crippen LogP contribution in [-0.4, -0.2) is 13.7 Å². The van der Waals surface area contributed by atoms with Gasteiger partial charge in [0.05, 0.1) is 7.11 Å². The summed E-state index contributed by atoms with van der Waals surface area (Å²) in [5.41, 5.74) is 2.77. The Labute approximate surface area is 91.6 Å². The van der Waals surface area contributed by atoms with E-state index >= 15 is 0 Å². The van der Waals surface area contributed by atoms with Gasteiger partial charge in [-0.2, -0.15) is 0 Å². The van der Waals surface area contributed by atoms with E-state index in [-0.39, 0.29) is 5.54 Å². The van der Waals surface area contributed by atoms with Crippen LogP contribution in [0, 0.1) is 6.92 Å². The second kappa shape index (κ2) is 3.86. The Morgan fingerprint density at radius 1 is 1.40 bits per heavy atom. The summed E-state index contributed by atoms with van der Waals surface area (Å²) in [6, 6.07) is 6.31. The summed E-state index contributed by atoms with van der Waals surface area (Å²) in [5.74, 6) is 0.988. The summed E-state index contributed by atoms with van der Waals surface area (Å²) in [6.45, 7) is 5.54. The zero-order valence-electron chi connectivity index (χ0n) is 9.76. The van der Waals surface area contributed by atoms with Gasteiger partial charge >= 0.3 is 0 Å². The molecule has 1 aliphatic rings. The molecule has 0 saturated carbocycles. The molecule has 1 aromatic carbocycles. The summed E-state index contributed by atoms with van der Waals surface area (Å²) < 4.78 is 5.36. The predicted molar refractivity (Wildman–Crippen MR) is 62.3 cm³/mol. The van der Waals surface area contributed by atoms with Crippen molar-refractivity contribution in [3.63, 3.8) is 0 Å². The highest BCUT2D eigenvalue weighted by molar-refractivity contribution is 5.43. The van der Waals surface area contributed by atoms with Crippen LogP contribution in [0.1, 0.15) is 30.9 Å². The van der Waals surface area contributed by atoms with Crippen LogP contribution in [0.4, 0.5) is 0 Å². The Hall–Kier alpha value is -1.02. The minimum absolute atomic E-state index is 0.138. The van der Waals surface area contributed by atoms with Gasteiger partial charge in [-0.1, -0.05) is 12.1 Å². The lowest BCUT2D eigenvalue weighted by atomic mass is 9.87. The van der Waals surface area contributed by atoms with Crippen molar-refractivity contribution in [2.75, 3.05) is 13.7 Å². The first kappa shape index (κ1) is 10.5. The molecule has 1 heterocycles. The van der Waals surface area contributed by atoms with E-state index in [0.717, 1.165) is 12.3 Å². The van der Waals surface area contributed by atoms with Gasteiger partial charge < -0.3 is 10.1 Å². The van der Waals surface area contributed by atoms with Crippen molar-refractivity contribution in [2.24, 2.45) is 0 Å². The van der Waals surface area contributed by atoms with Crippen LogP contribution in [0.5, 0.6) is 5.75 Å². The molecule has 1 N–H and O–H groups in total. The van der Waals surface area contributed by atoms with Crippen LogP contribution < -0.4 is 10.1 Å². The fourth-order valence-electron chi connectivity index (χ4n) is 2.56. The van der Waals surface area contributed by atoms with Gasteiger partial charge in [-0.05, 0) is 50.4 Å². The van der Waals surface area contributed by atoms with Crippen LogP contribution in [-0.2, 0) is 5.54 Å². The Morgan fingerprint density at radius 3 is 2.80 bits per heavy atom. The Bertz CT molecular complexity index is 354. The van der Waals surface area contributed by atoms with Crippen molar-refractivity contribution in [1.29, 1.82) is 0 Å². The Balaban J connectivity index is 2.43. The fourth-order valence-corrected chi connectivity index (χ4v) is 2.56. The summed E-state index contributed by atoms with van der Waals surface area (Å²) >= 11 is 0. The van der Waals surface area contributed by atoms with E-state index in [9.17, 15) is 0 Å². The molecule has 1 atom stereocenters. The maximum atomic E-state index is 5.36. The number of benzene rings is 1. The predicted octanol–water partition coefficient (Wildman–Crippen LogP) is 2.60. The van der Waals surface area contributed by atoms with Crippen molar-refractivity contribution in [1.82, 2.24) is 5.32 Å². The standard InChI is InChI=1S/C13H19NO/c1-10-11(6-4-7-12(10)15-3)13(2)8-5-9-14-13/h4,6-7,14H,5,8-9H2,1-3H3. The number of nitrogens with one attached hydrogen (secondary N) is 1. The molecule has 1 unspecified atom stereocenters. The largest absolute Gasteiger partial charge is 0.496 e. The number of rotatable bonds is 2. The molecule has 15 heavy (non-hydrogen) atoms. The fraction of sp³-hybridized carbons (Fsp3) is 0.538. The first-order valence-corrected chi connectivity index (χ1v) is 5.56. The van der Waals surface area contributed by atoms with Crippen molar-refractivity contribution < 1.29 is 4.74 Å². The SMILES string of the molecule is COc1cccc(C2(C)CCCN2)c1C. The number of hydrogen-bond donors (Lipinski definition) is 1. The van der Waals surface area contributed by atoms with Gasteiger partial charge in [0.25, 0.3) is 0 Å². The summed E-state index contributed by atoms with van der Waals surface area (Å²) in [4.78, 5) is 0. The van der Waals surface area contributed by atoms with Gasteiger partial charge in [0.2, 0.25) is 0 Å². The van der Waals surface area contributed by atoms with Crippen molar-refractivity contribution in [3.8, 4) is 5.75 Å². The molecule has 0 aromatic heterocycles. The first-order valence-electron chi connectivity index (χ1n) is 5.56. The summed E-state index contributed by atoms with van der Waals surface area (Å²) in [6.07, 6.45) is 2.47. The van der Waals surface area contributed by atoms with Gasteiger partial charge in [0.15, 0.2) is 0 Å². The van der Waals surface area contributed by atoms with E-state index in [1.165, 1.54) is 24.0 Å². The second-order valence-electron chi connectivity index (χ2n) is 4.50. The monoisotopic (exact) mass is 205 g/mol. The van der Waals surface area contributed by atoms with E-state index in [1.807, 2.05) is 6.07 Å². The van der Waals surface area contributed by atoms with E-state index in [0.29, 0.717) is 0 Å². The van der Waals surface area contributed by atoms with Crippen molar-refractivity contribution in [2.45, 2.75) is 32.2 Å². The van der Waals surface area contributed by atoms with E-state index in [1.54, 1.807) is 7.11 Å². The van der Waals surface area contributed by atoms with Crippen molar-refractivity contribution in [3.05, 3.63) is 29.3 Å². The van der Waals surface area contributed by atoms with Gasteiger partial charge in [-0.25, -0.2) is 0 Å². The van der Waals surface area contributed by atoms with Gasteiger partial charge in [0, 0.05) is 5.54 Å². The van der Waals surface area contributed by atoms with Crippen LogP contribution in [0.15, 0.2) is 18.2 Å². The first-order chi connectivity index (χ1) is 7.17. The quantitative estimate of drug-likeness (QED) is 0.801. The molecule has 2 rings (SSSR count). The molecule has 0 bridgehead atoms. The zero-order valence-corrected chi connectivity index (χ0v) is 9.76. The minimum atomic E-state index is 0.138. The van der Waals surface area contributed by atoms with E-state index in [4.69, 9.17) is 4.74 Å². The molecule has 2 heteroatoms. The van der Waals surface area contributed by atoms with E-state index < -0.39 is 0 Å². The normalized spacial score (nSPS) is 25.5. The second-order valence-corrected chi connectivity index (χ2v) is 4.50. The Kier molecular flexibility index (Phi) is 2.70. The third-order valence-corrected chi connectivity index (χ3v) is 3.47. The smallest absolute Gasteiger partial charge is 0.122 e. The Morgan fingerprint density at radius 2 is 2.20 bits per heavy atom. The number of methoxy groups -OCH3 is 1. The zero-order chi connectivity index (χ0) is 10.9. The summed E-state index contributed by atoms with van der Waals surface area (Å²) in [7, 11) is 1.73. The summed E-state index contributed by atoms with van der Waals surface area (Å²) in [5, 5.41) is 3.59. The molecule has 1 fully saturated rings. The van der Waals surface area contributed by atoms with Crippen molar-refractivity contribution >= 4 is 0 Å². The molecular formula is C13H19NO. The molecule has 1 aromatic rings. The highest BCUT2D eigenvalue weighted by Gasteiger charge is 2.31. The molecule has 0 radical (unpaired) electrons. The lowest BCUT2D eigenvalue weighted by Crippen LogP contribution is -2.33. The molecule has 0 aliphatic carbocycles. The maximum Gasteiger partial charge on any atom is 0.122 e. The van der Waals surface area contributed by atoms with Crippen LogP contribution in [0.25, 0.3) is 0 Å². The molecule has 1 aliphatic heterocycles. The number of ether oxygens (including phenoxy) is 1. The molecule has 82 valence electrons. The van der Waals surface area contributed by atoms with Crippen LogP contribution >= 0.6 is 0 Å². The lowest BCUT2D eigenvalue weighted by Gasteiger charge is -2.27. The molecule has 2 nitrogen and oxygen atoms in total. The van der Waals surface area contributed by atoms with Crippen LogP contribution in [0.3, 0.4) is 0 Å². The van der Waals surface area contributed by atoms with Crippen LogP contribution in [0.2, 0.25) is 0 Å². The minimum Gasteiger partial charge on any atom is -0.496 e. The molecule has 0 spiro atoms. The molecular weight excluding hydrogens is 186 g/mol. The van der Waals surface area contributed by atoms with Gasteiger partial charge in [-0.3, -0.25) is 0 Å². The molecule has 1 saturated heterocycles. The van der Waals surface area contributed by atoms with Gasteiger partial charge in [-0.15, -0.1) is 0 Å². The van der Waals surface area contributed by atoms with E-state index in [2.05, 4.69) is 31.3 Å². The topological polar surface area (TPSA) is 21.3 Å². The third kappa shape index (κ3) is 1.74.